The minimum Gasteiger partial charge on any atom is -0.376 e. The quantitative estimate of drug-likeness (QED) is 0.870. The monoisotopic (exact) mass is 269 g/mol. The predicted molar refractivity (Wildman–Crippen MR) is 83.8 cm³/mol. The van der Waals surface area contributed by atoms with E-state index in [0.29, 0.717) is 19.8 Å². The number of nitrogens with two attached hydrogens (primary N) is 1. The highest BCUT2D eigenvalue weighted by Gasteiger charge is 2.09. The average Bonchev–Trinajstić information content (AvgIpc) is 2.43. The predicted octanol–water partition coefficient (Wildman–Crippen LogP) is 3.56. The maximum Gasteiger partial charge on any atom is 0.0717 e. The van der Waals surface area contributed by atoms with Crippen LogP contribution in [0.3, 0.4) is 0 Å². The van der Waals surface area contributed by atoms with Gasteiger partial charge in [-0.25, -0.2) is 0 Å². The molecular weight excluding hydrogens is 246 g/mol. The van der Waals surface area contributed by atoms with Gasteiger partial charge >= 0.3 is 0 Å². The normalized spacial score (nSPS) is 12.3. The van der Waals surface area contributed by atoms with Crippen LogP contribution in [0.4, 0.5) is 0 Å². The van der Waals surface area contributed by atoms with Gasteiger partial charge in [0.05, 0.1) is 13.2 Å². The molecule has 2 heteroatoms. The minimum atomic E-state index is 0.266. The van der Waals surface area contributed by atoms with Crippen molar-refractivity contribution in [2.75, 3.05) is 13.2 Å². The molecule has 0 aliphatic carbocycles. The van der Waals surface area contributed by atoms with Crippen LogP contribution in [0.1, 0.15) is 28.2 Å². The van der Waals surface area contributed by atoms with E-state index in [-0.39, 0.29) is 5.92 Å². The third kappa shape index (κ3) is 4.19. The molecule has 0 aliphatic heterocycles. The molecule has 2 rings (SSSR count). The van der Waals surface area contributed by atoms with E-state index in [1.807, 2.05) is 18.2 Å². The number of hydrogen-bond donors (Lipinski definition) is 1. The molecule has 2 N–H and O–H groups in total. The molecule has 0 bridgehead atoms. The second-order valence-electron chi connectivity index (χ2n) is 5.35. The van der Waals surface area contributed by atoms with E-state index in [9.17, 15) is 0 Å². The van der Waals surface area contributed by atoms with Crippen molar-refractivity contribution in [2.45, 2.75) is 26.4 Å². The summed E-state index contributed by atoms with van der Waals surface area (Å²) in [6.45, 7) is 6.14. The summed E-state index contributed by atoms with van der Waals surface area (Å²) in [5.41, 5.74) is 10.9. The SMILES string of the molecule is Cc1cc(C)cc(COCC(CN)c2ccccc2)c1. The average molecular weight is 269 g/mol. The number of aryl methyl sites for hydroxylation is 2. The van der Waals surface area contributed by atoms with Gasteiger partial charge in [0, 0.05) is 12.5 Å². The highest BCUT2D eigenvalue weighted by Crippen LogP contribution is 2.16. The van der Waals surface area contributed by atoms with Gasteiger partial charge in [-0.1, -0.05) is 59.7 Å². The van der Waals surface area contributed by atoms with E-state index >= 15 is 0 Å². The van der Waals surface area contributed by atoms with Crippen molar-refractivity contribution in [2.24, 2.45) is 5.73 Å². The van der Waals surface area contributed by atoms with Gasteiger partial charge in [-0.3, -0.25) is 0 Å². The topological polar surface area (TPSA) is 35.2 Å². The molecule has 2 aromatic carbocycles. The van der Waals surface area contributed by atoms with Gasteiger partial charge < -0.3 is 10.5 Å². The fraction of sp³-hybridized carbons (Fsp3) is 0.333. The second-order valence-corrected chi connectivity index (χ2v) is 5.35. The van der Waals surface area contributed by atoms with E-state index < -0.39 is 0 Å². The highest BCUT2D eigenvalue weighted by atomic mass is 16.5. The number of benzene rings is 2. The largest absolute Gasteiger partial charge is 0.376 e. The Morgan fingerprint density at radius 1 is 1.00 bits per heavy atom. The van der Waals surface area contributed by atoms with E-state index in [1.54, 1.807) is 0 Å². The Bertz CT molecular complexity index is 516. The zero-order chi connectivity index (χ0) is 14.4. The fourth-order valence-electron chi connectivity index (χ4n) is 2.50. The Kier molecular flexibility index (Phi) is 5.33. The fourth-order valence-corrected chi connectivity index (χ4v) is 2.50. The summed E-state index contributed by atoms with van der Waals surface area (Å²) in [5.74, 6) is 0.266. The van der Waals surface area contributed by atoms with Crippen LogP contribution < -0.4 is 5.73 Å². The van der Waals surface area contributed by atoms with Crippen molar-refractivity contribution in [3.05, 3.63) is 70.8 Å². The van der Waals surface area contributed by atoms with Crippen LogP contribution in [0, 0.1) is 13.8 Å². The van der Waals surface area contributed by atoms with Crippen LogP contribution in [0.15, 0.2) is 48.5 Å². The van der Waals surface area contributed by atoms with Gasteiger partial charge in [0.1, 0.15) is 0 Å². The molecule has 0 aliphatic rings. The number of ether oxygens (including phenoxy) is 1. The molecular formula is C18H23NO. The van der Waals surface area contributed by atoms with Gasteiger partial charge in [-0.2, -0.15) is 0 Å². The Balaban J connectivity index is 1.91. The summed E-state index contributed by atoms with van der Waals surface area (Å²) in [7, 11) is 0. The molecule has 2 aromatic rings. The smallest absolute Gasteiger partial charge is 0.0717 e. The third-order valence-corrected chi connectivity index (χ3v) is 3.42. The van der Waals surface area contributed by atoms with Crippen LogP contribution >= 0.6 is 0 Å². The molecule has 1 unspecified atom stereocenters. The minimum absolute atomic E-state index is 0.266. The van der Waals surface area contributed by atoms with E-state index in [1.165, 1.54) is 22.3 Å². The number of rotatable bonds is 6. The lowest BCUT2D eigenvalue weighted by Gasteiger charge is -2.15. The van der Waals surface area contributed by atoms with Crippen molar-refractivity contribution in [1.29, 1.82) is 0 Å². The lowest BCUT2D eigenvalue weighted by Crippen LogP contribution is -2.18. The van der Waals surface area contributed by atoms with Gasteiger partial charge in [0.15, 0.2) is 0 Å². The first kappa shape index (κ1) is 14.8. The zero-order valence-electron chi connectivity index (χ0n) is 12.3. The molecule has 2 nitrogen and oxygen atoms in total. The summed E-state index contributed by atoms with van der Waals surface area (Å²) < 4.78 is 5.86. The van der Waals surface area contributed by atoms with E-state index in [2.05, 4.69) is 44.2 Å². The Morgan fingerprint density at radius 3 is 2.25 bits per heavy atom. The molecule has 106 valence electrons. The highest BCUT2D eigenvalue weighted by molar-refractivity contribution is 5.28. The third-order valence-electron chi connectivity index (χ3n) is 3.42. The van der Waals surface area contributed by atoms with Crippen LogP contribution in [-0.4, -0.2) is 13.2 Å². The van der Waals surface area contributed by atoms with Crippen LogP contribution in [0.5, 0.6) is 0 Å². The second kappa shape index (κ2) is 7.22. The molecule has 0 spiro atoms. The van der Waals surface area contributed by atoms with E-state index in [0.717, 1.165) is 0 Å². The maximum atomic E-state index is 5.86. The summed E-state index contributed by atoms with van der Waals surface area (Å²) in [4.78, 5) is 0. The lowest BCUT2D eigenvalue weighted by molar-refractivity contribution is 0.108. The molecule has 0 saturated carbocycles. The van der Waals surface area contributed by atoms with Crippen molar-refractivity contribution >= 4 is 0 Å². The van der Waals surface area contributed by atoms with Crippen molar-refractivity contribution in [3.63, 3.8) is 0 Å². The lowest BCUT2D eigenvalue weighted by atomic mass is 10.0. The Hall–Kier alpha value is -1.64. The Labute approximate surface area is 121 Å². The van der Waals surface area contributed by atoms with Crippen LogP contribution in [-0.2, 0) is 11.3 Å². The zero-order valence-corrected chi connectivity index (χ0v) is 12.3. The van der Waals surface area contributed by atoms with Crippen molar-refractivity contribution < 1.29 is 4.74 Å². The van der Waals surface area contributed by atoms with Crippen LogP contribution in [0.2, 0.25) is 0 Å². The first-order chi connectivity index (χ1) is 9.69. The van der Waals surface area contributed by atoms with Gasteiger partial charge in [0.2, 0.25) is 0 Å². The van der Waals surface area contributed by atoms with Crippen molar-refractivity contribution in [1.82, 2.24) is 0 Å². The summed E-state index contributed by atoms with van der Waals surface area (Å²) in [6.07, 6.45) is 0. The van der Waals surface area contributed by atoms with E-state index in [4.69, 9.17) is 10.5 Å². The summed E-state index contributed by atoms with van der Waals surface area (Å²) >= 11 is 0. The first-order valence-electron chi connectivity index (χ1n) is 7.09. The maximum absolute atomic E-state index is 5.86. The Morgan fingerprint density at radius 2 is 1.65 bits per heavy atom. The molecule has 0 amide bonds. The number of hydrogen-bond acceptors (Lipinski definition) is 2. The molecule has 0 aromatic heterocycles. The van der Waals surface area contributed by atoms with Gasteiger partial charge in [-0.15, -0.1) is 0 Å². The molecule has 1 atom stereocenters. The summed E-state index contributed by atoms with van der Waals surface area (Å²) in [5, 5.41) is 0. The molecule has 20 heavy (non-hydrogen) atoms. The molecule has 0 saturated heterocycles. The molecule has 0 heterocycles. The standard InChI is InChI=1S/C18H23NO/c1-14-8-15(2)10-16(9-14)12-20-13-18(11-19)17-6-4-3-5-7-17/h3-10,18H,11-13,19H2,1-2H3. The summed E-state index contributed by atoms with van der Waals surface area (Å²) in [6, 6.07) is 16.8. The molecule has 0 radical (unpaired) electrons. The van der Waals surface area contributed by atoms with Crippen LogP contribution in [0.25, 0.3) is 0 Å². The van der Waals surface area contributed by atoms with Crippen molar-refractivity contribution in [3.8, 4) is 0 Å². The first-order valence-corrected chi connectivity index (χ1v) is 7.09. The van der Waals surface area contributed by atoms with Gasteiger partial charge in [-0.05, 0) is 25.0 Å². The molecule has 0 fully saturated rings. The van der Waals surface area contributed by atoms with Gasteiger partial charge in [0.25, 0.3) is 0 Å².